The van der Waals surface area contributed by atoms with Gasteiger partial charge in [0.05, 0.1) is 34.1 Å². The van der Waals surface area contributed by atoms with Gasteiger partial charge in [0.1, 0.15) is 17.3 Å². The monoisotopic (exact) mass is 446 g/mol. The second kappa shape index (κ2) is 8.39. The molecule has 1 aliphatic rings. The van der Waals surface area contributed by atoms with Crippen LogP contribution in [0.15, 0.2) is 42.5 Å². The predicted molar refractivity (Wildman–Crippen MR) is 127 cm³/mol. The lowest BCUT2D eigenvalue weighted by Gasteiger charge is -2.22. The number of rotatable bonds is 5. The summed E-state index contributed by atoms with van der Waals surface area (Å²) < 4.78 is 5.33. The highest BCUT2D eigenvalue weighted by molar-refractivity contribution is 7.15. The highest BCUT2D eigenvalue weighted by Crippen LogP contribution is 2.37. The number of aromatic nitrogens is 3. The van der Waals surface area contributed by atoms with Crippen molar-refractivity contribution in [2.75, 3.05) is 13.7 Å². The van der Waals surface area contributed by atoms with E-state index in [-0.39, 0.29) is 11.9 Å². The van der Waals surface area contributed by atoms with Crippen LogP contribution in [0, 0.1) is 6.92 Å². The number of aryl methyl sites for hydroxylation is 2. The molecule has 0 aliphatic carbocycles. The van der Waals surface area contributed by atoms with Crippen molar-refractivity contribution >= 4 is 28.3 Å². The first-order valence-corrected chi connectivity index (χ1v) is 11.8. The van der Waals surface area contributed by atoms with Gasteiger partial charge in [-0.15, -0.1) is 11.3 Å². The Morgan fingerprint density at radius 3 is 2.78 bits per heavy atom. The van der Waals surface area contributed by atoms with Gasteiger partial charge in [-0.3, -0.25) is 4.79 Å². The second-order valence-corrected chi connectivity index (χ2v) is 9.33. The highest BCUT2D eigenvalue weighted by atomic mass is 32.1. The summed E-state index contributed by atoms with van der Waals surface area (Å²) in [4.78, 5) is 29.4. The first-order chi connectivity index (χ1) is 15.6. The molecule has 0 saturated carbocycles. The van der Waals surface area contributed by atoms with Crippen molar-refractivity contribution in [2.45, 2.75) is 39.2 Å². The lowest BCUT2D eigenvalue weighted by molar-refractivity contribution is 0.0726. The van der Waals surface area contributed by atoms with Crippen LogP contribution in [-0.4, -0.2) is 39.4 Å². The Balaban J connectivity index is 1.48. The van der Waals surface area contributed by atoms with E-state index in [0.29, 0.717) is 12.2 Å². The van der Waals surface area contributed by atoms with E-state index >= 15 is 0 Å². The van der Waals surface area contributed by atoms with Crippen LogP contribution >= 0.6 is 11.3 Å². The van der Waals surface area contributed by atoms with Crippen LogP contribution in [0.3, 0.4) is 0 Å². The van der Waals surface area contributed by atoms with E-state index in [4.69, 9.17) is 9.72 Å². The van der Waals surface area contributed by atoms with Crippen LogP contribution in [0.2, 0.25) is 0 Å². The Morgan fingerprint density at radius 1 is 1.22 bits per heavy atom. The number of methoxy groups -OCH3 is 1. The minimum atomic E-state index is -0.0850. The molecule has 2 aromatic carbocycles. The van der Waals surface area contributed by atoms with E-state index in [0.717, 1.165) is 57.3 Å². The van der Waals surface area contributed by atoms with Crippen LogP contribution in [-0.2, 0) is 6.42 Å². The van der Waals surface area contributed by atoms with Gasteiger partial charge in [0, 0.05) is 12.6 Å². The molecule has 1 aliphatic heterocycles. The number of carbonyl (C=O) groups is 1. The lowest BCUT2D eigenvalue weighted by Crippen LogP contribution is -2.31. The quantitative estimate of drug-likeness (QED) is 0.437. The van der Waals surface area contributed by atoms with Gasteiger partial charge in [0.15, 0.2) is 0 Å². The van der Waals surface area contributed by atoms with Crippen molar-refractivity contribution in [1.82, 2.24) is 19.9 Å². The summed E-state index contributed by atoms with van der Waals surface area (Å²) >= 11 is 1.58. The molecule has 0 radical (unpaired) electrons. The number of aromatic amines is 1. The number of fused-ring (bicyclic) bond motifs is 1. The third-order valence-electron chi connectivity index (χ3n) is 6.10. The molecule has 1 unspecified atom stereocenters. The van der Waals surface area contributed by atoms with Gasteiger partial charge in [-0.1, -0.05) is 31.2 Å². The van der Waals surface area contributed by atoms with Gasteiger partial charge in [-0.2, -0.15) is 0 Å². The maximum atomic E-state index is 13.7. The molecule has 2 aromatic heterocycles. The standard InChI is InChI=1S/C25H26N4O2S/c1-4-16-7-9-17(10-8-16)23-22(26-15(2)32-23)25(30)29-13-5-6-21(29)24-27-19-12-11-18(31-3)14-20(19)28-24/h7-12,14,21H,4-6,13H2,1-3H3,(H,27,28). The number of ether oxygens (including phenoxy) is 1. The minimum Gasteiger partial charge on any atom is -0.497 e. The number of carbonyl (C=O) groups excluding carboxylic acids is 1. The Bertz CT molecular complexity index is 1280. The molecule has 3 heterocycles. The fourth-order valence-electron chi connectivity index (χ4n) is 4.38. The molecule has 0 bridgehead atoms. The SMILES string of the molecule is CCc1ccc(-c2sc(C)nc2C(=O)N2CCCC2c2nc3ccc(OC)cc3[nH]2)cc1. The van der Waals surface area contributed by atoms with Crippen molar-refractivity contribution in [1.29, 1.82) is 0 Å². The normalized spacial score (nSPS) is 16.1. The number of imidazole rings is 1. The fraction of sp³-hybridized carbons (Fsp3) is 0.320. The summed E-state index contributed by atoms with van der Waals surface area (Å²) in [5.41, 5.74) is 4.66. The largest absolute Gasteiger partial charge is 0.497 e. The summed E-state index contributed by atoms with van der Waals surface area (Å²) in [5, 5.41) is 0.898. The van der Waals surface area contributed by atoms with Crippen LogP contribution in [0.1, 0.15) is 52.7 Å². The first kappa shape index (κ1) is 20.7. The number of likely N-dealkylation sites (tertiary alicyclic amines) is 1. The third-order valence-corrected chi connectivity index (χ3v) is 7.12. The predicted octanol–water partition coefficient (Wildman–Crippen LogP) is 5.54. The molecule has 5 rings (SSSR count). The first-order valence-electron chi connectivity index (χ1n) is 11.0. The molecular weight excluding hydrogens is 420 g/mol. The van der Waals surface area contributed by atoms with Gasteiger partial charge < -0.3 is 14.6 Å². The van der Waals surface area contributed by atoms with Gasteiger partial charge in [0.25, 0.3) is 5.91 Å². The summed E-state index contributed by atoms with van der Waals surface area (Å²) in [6.07, 6.45) is 2.82. The molecule has 0 spiro atoms. The Morgan fingerprint density at radius 2 is 2.03 bits per heavy atom. The van der Waals surface area contributed by atoms with Crippen LogP contribution < -0.4 is 4.74 Å². The zero-order chi connectivity index (χ0) is 22.2. The Hall–Kier alpha value is -3.19. The molecule has 32 heavy (non-hydrogen) atoms. The summed E-state index contributed by atoms with van der Waals surface area (Å²) in [5.74, 6) is 1.58. The zero-order valence-electron chi connectivity index (χ0n) is 18.5. The molecule has 1 N–H and O–H groups in total. The Labute approximate surface area is 191 Å². The van der Waals surface area contributed by atoms with Crippen molar-refractivity contribution in [3.63, 3.8) is 0 Å². The van der Waals surface area contributed by atoms with Gasteiger partial charge in [-0.25, -0.2) is 9.97 Å². The fourth-order valence-corrected chi connectivity index (χ4v) is 5.30. The zero-order valence-corrected chi connectivity index (χ0v) is 19.3. The van der Waals surface area contributed by atoms with Crippen molar-refractivity contribution in [3.05, 3.63) is 64.6 Å². The van der Waals surface area contributed by atoms with E-state index in [2.05, 4.69) is 41.2 Å². The number of thiazole rings is 1. The molecular formula is C25H26N4O2S. The van der Waals surface area contributed by atoms with Crippen molar-refractivity contribution in [2.24, 2.45) is 0 Å². The van der Waals surface area contributed by atoms with Gasteiger partial charge >= 0.3 is 0 Å². The maximum absolute atomic E-state index is 13.7. The number of H-pyrrole nitrogens is 1. The highest BCUT2D eigenvalue weighted by Gasteiger charge is 2.35. The number of benzene rings is 2. The van der Waals surface area contributed by atoms with Crippen LogP contribution in [0.25, 0.3) is 21.5 Å². The molecule has 1 fully saturated rings. The van der Waals surface area contributed by atoms with E-state index in [1.54, 1.807) is 18.4 Å². The van der Waals surface area contributed by atoms with Gasteiger partial charge in [0.2, 0.25) is 0 Å². The number of nitrogens with one attached hydrogen (secondary N) is 1. The smallest absolute Gasteiger partial charge is 0.274 e. The average molecular weight is 447 g/mol. The average Bonchev–Trinajstić information content (AvgIpc) is 3.55. The molecule has 1 saturated heterocycles. The number of hydrogen-bond acceptors (Lipinski definition) is 5. The molecule has 4 aromatic rings. The summed E-state index contributed by atoms with van der Waals surface area (Å²) in [7, 11) is 1.65. The number of nitrogens with zero attached hydrogens (tertiary/aromatic N) is 3. The Kier molecular flexibility index (Phi) is 5.43. The van der Waals surface area contributed by atoms with Gasteiger partial charge in [-0.05, 0) is 49.4 Å². The molecule has 7 heteroatoms. The van der Waals surface area contributed by atoms with E-state index in [1.165, 1.54) is 5.56 Å². The third kappa shape index (κ3) is 3.66. The van der Waals surface area contributed by atoms with Crippen molar-refractivity contribution < 1.29 is 9.53 Å². The van der Waals surface area contributed by atoms with E-state index in [1.807, 2.05) is 30.0 Å². The van der Waals surface area contributed by atoms with Crippen LogP contribution in [0.5, 0.6) is 5.75 Å². The molecule has 1 atom stereocenters. The topological polar surface area (TPSA) is 71.1 Å². The number of hydrogen-bond donors (Lipinski definition) is 1. The maximum Gasteiger partial charge on any atom is 0.274 e. The molecule has 1 amide bonds. The summed E-state index contributed by atoms with van der Waals surface area (Å²) in [6.45, 7) is 4.80. The number of amides is 1. The lowest BCUT2D eigenvalue weighted by atomic mass is 10.1. The summed E-state index contributed by atoms with van der Waals surface area (Å²) in [6, 6.07) is 14.1. The van der Waals surface area contributed by atoms with E-state index in [9.17, 15) is 4.79 Å². The molecule has 6 nitrogen and oxygen atoms in total. The molecule has 164 valence electrons. The van der Waals surface area contributed by atoms with Crippen molar-refractivity contribution in [3.8, 4) is 16.2 Å². The minimum absolute atomic E-state index is 0.0237. The van der Waals surface area contributed by atoms with Crippen LogP contribution in [0.4, 0.5) is 0 Å². The van der Waals surface area contributed by atoms with E-state index < -0.39 is 0 Å². The second-order valence-electron chi connectivity index (χ2n) is 8.12.